The van der Waals surface area contributed by atoms with Gasteiger partial charge >= 0.3 is 0 Å². The Morgan fingerprint density at radius 3 is 2.29 bits per heavy atom. The molecular weight excluding hydrogens is 279 g/mol. The van der Waals surface area contributed by atoms with E-state index in [2.05, 4.69) is 0 Å². The minimum absolute atomic E-state index is 0.0274. The van der Waals surface area contributed by atoms with Crippen LogP contribution in [-0.2, 0) is 14.2 Å². The molecule has 0 spiro atoms. The van der Waals surface area contributed by atoms with E-state index in [9.17, 15) is 9.18 Å². The molecule has 6 heteroatoms. The normalized spacial score (nSPS) is 10.6. The molecule has 0 fully saturated rings. The smallest absolute Gasteiger partial charge is 0.166 e. The van der Waals surface area contributed by atoms with Crippen molar-refractivity contribution in [1.82, 2.24) is 0 Å². The van der Waals surface area contributed by atoms with Crippen LogP contribution in [0.2, 0.25) is 0 Å². The number of halogens is 1. The van der Waals surface area contributed by atoms with E-state index in [0.717, 1.165) is 0 Å². The van der Waals surface area contributed by atoms with Crippen LogP contribution < -0.4 is 4.74 Å². The number of hydrogen-bond acceptors (Lipinski definition) is 5. The highest BCUT2D eigenvalue weighted by atomic mass is 19.1. The number of benzene rings is 1. The molecule has 0 aliphatic carbocycles. The molecule has 118 valence electrons. The molecule has 1 rings (SSSR count). The maximum Gasteiger partial charge on any atom is 0.166 e. The van der Waals surface area contributed by atoms with Gasteiger partial charge in [-0.25, -0.2) is 4.39 Å². The summed E-state index contributed by atoms with van der Waals surface area (Å²) in [6.45, 7) is 3.87. The van der Waals surface area contributed by atoms with Crippen molar-refractivity contribution in [1.29, 1.82) is 0 Å². The van der Waals surface area contributed by atoms with Crippen LogP contribution in [-0.4, -0.2) is 52.5 Å². The molecule has 0 unspecified atom stereocenters. The lowest BCUT2D eigenvalue weighted by atomic mass is 10.1. The summed E-state index contributed by atoms with van der Waals surface area (Å²) in [6, 6.07) is 4.30. The summed E-state index contributed by atoms with van der Waals surface area (Å²) in [7, 11) is 1.61. The van der Waals surface area contributed by atoms with Crippen LogP contribution in [0, 0.1) is 5.82 Å². The van der Waals surface area contributed by atoms with Gasteiger partial charge in [0.05, 0.1) is 38.6 Å². The molecule has 0 saturated carbocycles. The molecule has 0 aromatic heterocycles. The Bertz CT molecular complexity index is 436. The summed E-state index contributed by atoms with van der Waals surface area (Å²) in [6.07, 6.45) is 0. The van der Waals surface area contributed by atoms with E-state index in [0.29, 0.717) is 33.0 Å². The van der Waals surface area contributed by atoms with Crippen LogP contribution >= 0.6 is 0 Å². The van der Waals surface area contributed by atoms with Crippen molar-refractivity contribution in [2.75, 3.05) is 46.8 Å². The molecule has 0 radical (unpaired) electrons. The SMILES string of the molecule is COCCOCCOCCOc1cccc(F)c1C(C)=O. The van der Waals surface area contributed by atoms with Gasteiger partial charge in [0, 0.05) is 7.11 Å². The lowest BCUT2D eigenvalue weighted by Crippen LogP contribution is -2.13. The molecular formula is C15H21FO5. The zero-order valence-electron chi connectivity index (χ0n) is 12.4. The Balaban J connectivity index is 2.21. The molecule has 1 aromatic carbocycles. The second kappa shape index (κ2) is 10.3. The molecule has 0 bridgehead atoms. The molecule has 0 heterocycles. The molecule has 0 saturated heterocycles. The monoisotopic (exact) mass is 300 g/mol. The minimum atomic E-state index is -0.576. The fourth-order valence-electron chi connectivity index (χ4n) is 1.64. The molecule has 0 N–H and O–H groups in total. The highest BCUT2D eigenvalue weighted by molar-refractivity contribution is 5.97. The highest BCUT2D eigenvalue weighted by Crippen LogP contribution is 2.21. The van der Waals surface area contributed by atoms with Crippen molar-refractivity contribution in [2.24, 2.45) is 0 Å². The Hall–Kier alpha value is -1.50. The Morgan fingerprint density at radius 2 is 1.67 bits per heavy atom. The quantitative estimate of drug-likeness (QED) is 0.463. The second-order valence-corrected chi connectivity index (χ2v) is 4.24. The first kappa shape index (κ1) is 17.6. The summed E-state index contributed by atoms with van der Waals surface area (Å²) in [5, 5.41) is 0. The molecule has 0 amide bonds. The van der Waals surface area contributed by atoms with Crippen molar-refractivity contribution in [3.05, 3.63) is 29.6 Å². The minimum Gasteiger partial charge on any atom is -0.490 e. The van der Waals surface area contributed by atoms with E-state index in [-0.39, 0.29) is 23.7 Å². The largest absolute Gasteiger partial charge is 0.490 e. The van der Waals surface area contributed by atoms with Crippen LogP contribution in [0.15, 0.2) is 18.2 Å². The Morgan fingerprint density at radius 1 is 1.05 bits per heavy atom. The van der Waals surface area contributed by atoms with E-state index in [4.69, 9.17) is 18.9 Å². The maximum absolute atomic E-state index is 13.5. The van der Waals surface area contributed by atoms with Crippen molar-refractivity contribution in [3.8, 4) is 5.75 Å². The third-order valence-corrected chi connectivity index (χ3v) is 2.62. The predicted octanol–water partition coefficient (Wildman–Crippen LogP) is 2.09. The molecule has 0 atom stereocenters. The maximum atomic E-state index is 13.5. The number of methoxy groups -OCH3 is 1. The van der Waals surface area contributed by atoms with E-state index in [1.165, 1.54) is 19.1 Å². The average molecular weight is 300 g/mol. The zero-order valence-corrected chi connectivity index (χ0v) is 12.4. The lowest BCUT2D eigenvalue weighted by molar-refractivity contribution is 0.0179. The van der Waals surface area contributed by atoms with Gasteiger partial charge in [-0.15, -0.1) is 0 Å². The van der Waals surface area contributed by atoms with Gasteiger partial charge in [-0.3, -0.25) is 4.79 Å². The van der Waals surface area contributed by atoms with Gasteiger partial charge in [0.25, 0.3) is 0 Å². The van der Waals surface area contributed by atoms with Gasteiger partial charge < -0.3 is 18.9 Å². The molecule has 21 heavy (non-hydrogen) atoms. The van der Waals surface area contributed by atoms with E-state index in [1.54, 1.807) is 13.2 Å². The second-order valence-electron chi connectivity index (χ2n) is 4.24. The predicted molar refractivity (Wildman–Crippen MR) is 75.4 cm³/mol. The molecule has 0 aliphatic heterocycles. The molecule has 5 nitrogen and oxygen atoms in total. The zero-order chi connectivity index (χ0) is 15.5. The third-order valence-electron chi connectivity index (χ3n) is 2.62. The van der Waals surface area contributed by atoms with Gasteiger partial charge in [0.2, 0.25) is 0 Å². The first-order valence-electron chi connectivity index (χ1n) is 6.73. The van der Waals surface area contributed by atoms with Gasteiger partial charge in [0.15, 0.2) is 5.78 Å². The number of carbonyl (C=O) groups excluding carboxylic acids is 1. The van der Waals surface area contributed by atoms with E-state index >= 15 is 0 Å². The summed E-state index contributed by atoms with van der Waals surface area (Å²) in [4.78, 5) is 11.4. The van der Waals surface area contributed by atoms with Crippen LogP contribution in [0.5, 0.6) is 5.75 Å². The highest BCUT2D eigenvalue weighted by Gasteiger charge is 2.13. The Labute approximate surface area is 123 Å². The van der Waals surface area contributed by atoms with Gasteiger partial charge in [-0.2, -0.15) is 0 Å². The summed E-state index contributed by atoms with van der Waals surface area (Å²) in [5.74, 6) is -0.703. The number of rotatable bonds is 11. The van der Waals surface area contributed by atoms with Crippen LogP contribution in [0.1, 0.15) is 17.3 Å². The Kier molecular flexibility index (Phi) is 8.57. The van der Waals surface area contributed by atoms with Crippen LogP contribution in [0.4, 0.5) is 4.39 Å². The van der Waals surface area contributed by atoms with Crippen LogP contribution in [0.25, 0.3) is 0 Å². The lowest BCUT2D eigenvalue weighted by Gasteiger charge is -2.10. The van der Waals surface area contributed by atoms with Crippen molar-refractivity contribution in [2.45, 2.75) is 6.92 Å². The van der Waals surface area contributed by atoms with E-state index in [1.807, 2.05) is 0 Å². The average Bonchev–Trinajstić information content (AvgIpc) is 2.45. The fourth-order valence-corrected chi connectivity index (χ4v) is 1.64. The first-order chi connectivity index (χ1) is 10.2. The standard InChI is InChI=1S/C15H21FO5/c1-12(17)15-13(16)4-3-5-14(15)21-11-10-20-9-8-19-7-6-18-2/h3-5H,6-11H2,1-2H3. The summed E-state index contributed by atoms with van der Waals surface area (Å²) < 4.78 is 34.2. The summed E-state index contributed by atoms with van der Waals surface area (Å²) in [5.41, 5.74) is -0.0274. The summed E-state index contributed by atoms with van der Waals surface area (Å²) >= 11 is 0. The van der Waals surface area contributed by atoms with Crippen LogP contribution in [0.3, 0.4) is 0 Å². The third kappa shape index (κ3) is 6.66. The topological polar surface area (TPSA) is 54.0 Å². The molecule has 0 aliphatic rings. The van der Waals surface area contributed by atoms with Crippen molar-refractivity contribution < 1.29 is 28.1 Å². The van der Waals surface area contributed by atoms with Crippen molar-refractivity contribution >= 4 is 5.78 Å². The van der Waals surface area contributed by atoms with Gasteiger partial charge in [-0.05, 0) is 19.1 Å². The van der Waals surface area contributed by atoms with Crippen molar-refractivity contribution in [3.63, 3.8) is 0 Å². The van der Waals surface area contributed by atoms with Gasteiger partial charge in [0.1, 0.15) is 18.2 Å². The van der Waals surface area contributed by atoms with Gasteiger partial charge in [-0.1, -0.05) is 6.07 Å². The number of carbonyl (C=O) groups is 1. The number of ketones is 1. The number of ether oxygens (including phenoxy) is 4. The van der Waals surface area contributed by atoms with E-state index < -0.39 is 5.82 Å². The molecule has 1 aromatic rings. The number of Topliss-reactive ketones (excluding diaryl/α,β-unsaturated/α-hetero) is 1. The first-order valence-corrected chi connectivity index (χ1v) is 6.73. The fraction of sp³-hybridized carbons (Fsp3) is 0.533. The number of hydrogen-bond donors (Lipinski definition) is 0.